The summed E-state index contributed by atoms with van der Waals surface area (Å²) in [5.74, 6) is 0. The van der Waals surface area contributed by atoms with Crippen LogP contribution in [0.3, 0.4) is 0 Å². The van der Waals surface area contributed by atoms with Crippen LogP contribution in [0.25, 0.3) is 0 Å². The second-order valence-corrected chi connectivity index (χ2v) is 3.15. The van der Waals surface area contributed by atoms with Crippen LogP contribution in [0.15, 0.2) is 12.2 Å². The van der Waals surface area contributed by atoms with E-state index in [-0.39, 0.29) is 0 Å². The van der Waals surface area contributed by atoms with Crippen molar-refractivity contribution in [1.82, 2.24) is 10.6 Å². The van der Waals surface area contributed by atoms with Crippen molar-refractivity contribution in [3.05, 3.63) is 12.2 Å². The fourth-order valence-corrected chi connectivity index (χ4v) is 1.62. The van der Waals surface area contributed by atoms with Gasteiger partial charge in [0, 0.05) is 25.2 Å². The minimum atomic E-state index is 0.688. The molecule has 10 heavy (non-hydrogen) atoms. The maximum atomic E-state index is 3.51. The van der Waals surface area contributed by atoms with Gasteiger partial charge < -0.3 is 10.6 Å². The van der Waals surface area contributed by atoms with Crippen LogP contribution in [0.5, 0.6) is 0 Å². The minimum absolute atomic E-state index is 0.688. The quantitative estimate of drug-likeness (QED) is 0.469. The molecule has 0 aliphatic carbocycles. The largest absolute Gasteiger partial charge is 0.311 e. The van der Waals surface area contributed by atoms with E-state index >= 15 is 0 Å². The zero-order valence-electron chi connectivity index (χ0n) is 6.14. The van der Waals surface area contributed by atoms with Crippen molar-refractivity contribution in [1.29, 1.82) is 0 Å². The lowest BCUT2D eigenvalue weighted by Gasteiger charge is -2.31. The molecule has 2 unspecified atom stereocenters. The summed E-state index contributed by atoms with van der Waals surface area (Å²) in [5, 5.41) is 7.01. The summed E-state index contributed by atoms with van der Waals surface area (Å²) >= 11 is 0. The Hall–Kier alpha value is -0.340. The average Bonchev–Trinajstić information content (AvgIpc) is 1.89. The Morgan fingerprint density at radius 3 is 1.80 bits per heavy atom. The first kappa shape index (κ1) is 6.38. The van der Waals surface area contributed by atoms with Gasteiger partial charge in [0.05, 0.1) is 0 Å². The van der Waals surface area contributed by atoms with E-state index in [2.05, 4.69) is 22.8 Å². The molecule has 2 bridgehead atoms. The van der Waals surface area contributed by atoms with Gasteiger partial charge in [0.15, 0.2) is 0 Å². The van der Waals surface area contributed by atoms with Gasteiger partial charge in [-0.05, 0) is 12.8 Å². The summed E-state index contributed by atoms with van der Waals surface area (Å²) in [6, 6.07) is 1.38. The Labute approximate surface area is 61.7 Å². The van der Waals surface area contributed by atoms with E-state index in [4.69, 9.17) is 0 Å². The Balaban J connectivity index is 2.06. The van der Waals surface area contributed by atoms with Gasteiger partial charge in [-0.1, -0.05) is 12.2 Å². The molecule has 2 heteroatoms. The number of hydrogen-bond acceptors (Lipinski definition) is 2. The van der Waals surface area contributed by atoms with Crippen LogP contribution in [0.1, 0.15) is 12.8 Å². The van der Waals surface area contributed by atoms with Gasteiger partial charge in [0.25, 0.3) is 0 Å². The molecule has 1 fully saturated rings. The Morgan fingerprint density at radius 2 is 1.40 bits per heavy atom. The molecule has 0 aromatic rings. The molecule has 3 heterocycles. The van der Waals surface area contributed by atoms with Crippen LogP contribution < -0.4 is 10.6 Å². The normalized spacial score (nSPS) is 42.4. The lowest BCUT2D eigenvalue weighted by molar-refractivity contribution is 0.340. The summed E-state index contributed by atoms with van der Waals surface area (Å²) in [6.07, 6.45) is 6.98. The SMILES string of the molecule is C1=C\CC2CNC(C/1)CN2. The lowest BCUT2D eigenvalue weighted by Crippen LogP contribution is -2.54. The third-order valence-corrected chi connectivity index (χ3v) is 2.31. The molecular weight excluding hydrogens is 124 g/mol. The van der Waals surface area contributed by atoms with Gasteiger partial charge in [-0.25, -0.2) is 0 Å². The van der Waals surface area contributed by atoms with E-state index in [1.165, 1.54) is 12.8 Å². The third kappa shape index (κ3) is 1.22. The molecule has 3 aliphatic rings. The molecule has 0 spiro atoms. The first-order chi connectivity index (χ1) is 4.95. The van der Waals surface area contributed by atoms with Crippen molar-refractivity contribution in [2.24, 2.45) is 0 Å². The number of hydrogen-bond donors (Lipinski definition) is 2. The Kier molecular flexibility index (Phi) is 1.74. The molecule has 0 aromatic heterocycles. The molecule has 56 valence electrons. The molecule has 2 N–H and O–H groups in total. The van der Waals surface area contributed by atoms with E-state index < -0.39 is 0 Å². The third-order valence-electron chi connectivity index (χ3n) is 2.31. The fraction of sp³-hybridized carbons (Fsp3) is 0.750. The summed E-state index contributed by atoms with van der Waals surface area (Å²) in [6.45, 7) is 2.30. The van der Waals surface area contributed by atoms with E-state index in [0.29, 0.717) is 12.1 Å². The van der Waals surface area contributed by atoms with Crippen molar-refractivity contribution in [3.8, 4) is 0 Å². The molecular formula is C8H14N2. The number of fused-ring (bicyclic) bond motifs is 4. The molecule has 3 aliphatic heterocycles. The summed E-state index contributed by atoms with van der Waals surface area (Å²) in [7, 11) is 0. The van der Waals surface area contributed by atoms with Gasteiger partial charge >= 0.3 is 0 Å². The Morgan fingerprint density at radius 1 is 0.900 bits per heavy atom. The highest BCUT2D eigenvalue weighted by Gasteiger charge is 2.19. The van der Waals surface area contributed by atoms with Crippen molar-refractivity contribution < 1.29 is 0 Å². The summed E-state index contributed by atoms with van der Waals surface area (Å²) in [4.78, 5) is 0. The maximum Gasteiger partial charge on any atom is 0.0227 e. The monoisotopic (exact) mass is 138 g/mol. The smallest absolute Gasteiger partial charge is 0.0227 e. The molecule has 2 nitrogen and oxygen atoms in total. The van der Waals surface area contributed by atoms with Crippen LogP contribution in [0.4, 0.5) is 0 Å². The highest BCUT2D eigenvalue weighted by molar-refractivity contribution is 4.97. The first-order valence-corrected chi connectivity index (χ1v) is 4.07. The fourth-order valence-electron chi connectivity index (χ4n) is 1.62. The molecule has 0 aromatic carbocycles. The van der Waals surface area contributed by atoms with E-state index in [1.807, 2.05) is 0 Å². The Bertz CT molecular complexity index is 118. The second-order valence-electron chi connectivity index (χ2n) is 3.15. The molecule has 3 rings (SSSR count). The number of nitrogens with one attached hydrogen (secondary N) is 2. The minimum Gasteiger partial charge on any atom is -0.311 e. The highest BCUT2D eigenvalue weighted by Crippen LogP contribution is 2.06. The first-order valence-electron chi connectivity index (χ1n) is 4.07. The van der Waals surface area contributed by atoms with Crippen LogP contribution in [0.2, 0.25) is 0 Å². The zero-order chi connectivity index (χ0) is 6.81. The molecule has 2 atom stereocenters. The highest BCUT2D eigenvalue weighted by atomic mass is 15.1. The van der Waals surface area contributed by atoms with Crippen molar-refractivity contribution in [2.75, 3.05) is 13.1 Å². The van der Waals surface area contributed by atoms with Crippen molar-refractivity contribution in [2.45, 2.75) is 24.9 Å². The average molecular weight is 138 g/mol. The molecule has 0 amide bonds. The lowest BCUT2D eigenvalue weighted by atomic mass is 10.0. The van der Waals surface area contributed by atoms with Crippen molar-refractivity contribution >= 4 is 0 Å². The predicted molar refractivity (Wildman–Crippen MR) is 42.0 cm³/mol. The van der Waals surface area contributed by atoms with E-state index in [9.17, 15) is 0 Å². The van der Waals surface area contributed by atoms with Crippen molar-refractivity contribution in [3.63, 3.8) is 0 Å². The van der Waals surface area contributed by atoms with E-state index in [0.717, 1.165) is 13.1 Å². The topological polar surface area (TPSA) is 24.1 Å². The van der Waals surface area contributed by atoms with Crippen LogP contribution in [-0.4, -0.2) is 25.2 Å². The van der Waals surface area contributed by atoms with Gasteiger partial charge in [-0.2, -0.15) is 0 Å². The second kappa shape index (κ2) is 2.72. The molecule has 0 radical (unpaired) electrons. The number of piperazine rings is 1. The van der Waals surface area contributed by atoms with Gasteiger partial charge in [0.1, 0.15) is 0 Å². The van der Waals surface area contributed by atoms with Crippen LogP contribution in [0, 0.1) is 0 Å². The molecule has 1 saturated heterocycles. The molecule has 0 saturated carbocycles. The standard InChI is InChI=1S/C8H14N2/c1-2-4-8-6-9-7(3-1)5-10-8/h1-2,7-10H,3-6H2/b2-1-. The zero-order valence-corrected chi connectivity index (χ0v) is 6.14. The number of rotatable bonds is 0. The van der Waals surface area contributed by atoms with E-state index in [1.54, 1.807) is 0 Å². The summed E-state index contributed by atoms with van der Waals surface area (Å²) < 4.78 is 0. The van der Waals surface area contributed by atoms with Gasteiger partial charge in [-0.15, -0.1) is 0 Å². The van der Waals surface area contributed by atoms with Crippen LogP contribution >= 0.6 is 0 Å². The van der Waals surface area contributed by atoms with Crippen LogP contribution in [-0.2, 0) is 0 Å². The summed E-state index contributed by atoms with van der Waals surface area (Å²) in [5.41, 5.74) is 0. The predicted octanol–water partition coefficient (Wildman–Crippen LogP) is 0.266. The van der Waals surface area contributed by atoms with Gasteiger partial charge in [-0.3, -0.25) is 0 Å². The maximum absolute atomic E-state index is 3.51. The van der Waals surface area contributed by atoms with Gasteiger partial charge in [0.2, 0.25) is 0 Å².